The van der Waals surface area contributed by atoms with Crippen LogP contribution in [0.1, 0.15) is 13.8 Å². The third kappa shape index (κ3) is 1.74. The molecule has 0 aromatic rings. The SMILES string of the molecule is CC(=O)C1=C(C)C2C(=O)N=C(CCl)N=C2S1. The molecular formula is C10H9ClN2O2S. The van der Waals surface area contributed by atoms with Gasteiger partial charge in [0.05, 0.1) is 15.8 Å². The number of carbonyl (C=O) groups excluding carboxylic acids is 2. The molecule has 1 atom stereocenters. The summed E-state index contributed by atoms with van der Waals surface area (Å²) in [6, 6.07) is 0. The molecule has 2 aliphatic heterocycles. The summed E-state index contributed by atoms with van der Waals surface area (Å²) in [4.78, 5) is 31.7. The number of fused-ring (bicyclic) bond motifs is 1. The Kier molecular flexibility index (Phi) is 2.99. The fourth-order valence-electron chi connectivity index (χ4n) is 1.69. The van der Waals surface area contributed by atoms with Gasteiger partial charge in [0.25, 0.3) is 5.91 Å². The molecule has 2 heterocycles. The number of Topliss-reactive ketones (excluding diaryl/α,β-unsaturated/α-hetero) is 1. The van der Waals surface area contributed by atoms with E-state index in [1.807, 2.05) is 0 Å². The lowest BCUT2D eigenvalue weighted by molar-refractivity contribution is -0.118. The maximum absolute atomic E-state index is 11.7. The number of halogens is 1. The Morgan fingerprint density at radius 2 is 2.19 bits per heavy atom. The van der Waals surface area contributed by atoms with Crippen LogP contribution >= 0.6 is 23.4 Å². The van der Waals surface area contributed by atoms with E-state index < -0.39 is 5.92 Å². The van der Waals surface area contributed by atoms with Gasteiger partial charge in [0, 0.05) is 0 Å². The predicted molar refractivity (Wildman–Crippen MR) is 65.1 cm³/mol. The summed E-state index contributed by atoms with van der Waals surface area (Å²) in [5.41, 5.74) is 0.749. The quantitative estimate of drug-likeness (QED) is 0.708. The van der Waals surface area contributed by atoms with Crippen molar-refractivity contribution in [3.8, 4) is 0 Å². The van der Waals surface area contributed by atoms with Crippen LogP contribution in [0.25, 0.3) is 0 Å². The van der Waals surface area contributed by atoms with Gasteiger partial charge >= 0.3 is 0 Å². The average Bonchev–Trinajstić information content (AvgIpc) is 2.56. The number of allylic oxidation sites excluding steroid dienone is 1. The molecule has 0 saturated heterocycles. The first-order valence-corrected chi connectivity index (χ1v) is 6.05. The topological polar surface area (TPSA) is 58.9 Å². The van der Waals surface area contributed by atoms with Gasteiger partial charge < -0.3 is 0 Å². The van der Waals surface area contributed by atoms with Gasteiger partial charge in [-0.1, -0.05) is 11.8 Å². The summed E-state index contributed by atoms with van der Waals surface area (Å²) in [6.07, 6.45) is 0. The highest BCUT2D eigenvalue weighted by Gasteiger charge is 2.39. The molecule has 0 aliphatic carbocycles. The van der Waals surface area contributed by atoms with Crippen molar-refractivity contribution in [1.82, 2.24) is 0 Å². The Hall–Kier alpha value is -0.940. The number of rotatable bonds is 2. The minimum absolute atomic E-state index is 0.0418. The lowest BCUT2D eigenvalue weighted by atomic mass is 9.99. The average molecular weight is 257 g/mol. The molecule has 0 N–H and O–H groups in total. The first-order chi connectivity index (χ1) is 7.54. The number of hydrogen-bond donors (Lipinski definition) is 0. The molecule has 0 saturated carbocycles. The largest absolute Gasteiger partial charge is 0.294 e. The van der Waals surface area contributed by atoms with Crippen molar-refractivity contribution in [3.05, 3.63) is 10.5 Å². The summed E-state index contributed by atoms with van der Waals surface area (Å²) in [5, 5.41) is 0.623. The number of amides is 1. The Morgan fingerprint density at radius 1 is 1.50 bits per heavy atom. The summed E-state index contributed by atoms with van der Waals surface area (Å²) >= 11 is 6.84. The van der Waals surface area contributed by atoms with E-state index >= 15 is 0 Å². The molecule has 0 bridgehead atoms. The van der Waals surface area contributed by atoms with E-state index in [0.29, 0.717) is 15.8 Å². The number of hydrogen-bond acceptors (Lipinski definition) is 4. The number of nitrogens with zero attached hydrogens (tertiary/aromatic N) is 2. The van der Waals surface area contributed by atoms with E-state index in [0.717, 1.165) is 5.57 Å². The smallest absolute Gasteiger partial charge is 0.261 e. The second-order valence-corrected chi connectivity index (χ2v) is 4.85. The maximum atomic E-state index is 11.7. The molecule has 0 aromatic heterocycles. The van der Waals surface area contributed by atoms with E-state index in [4.69, 9.17) is 11.6 Å². The van der Waals surface area contributed by atoms with E-state index in [2.05, 4.69) is 9.98 Å². The maximum Gasteiger partial charge on any atom is 0.261 e. The van der Waals surface area contributed by atoms with Crippen LogP contribution in [0.4, 0.5) is 0 Å². The molecule has 0 spiro atoms. The van der Waals surface area contributed by atoms with Crippen LogP contribution in [-0.4, -0.2) is 28.4 Å². The fraction of sp³-hybridized carbons (Fsp3) is 0.400. The summed E-state index contributed by atoms with van der Waals surface area (Å²) in [6.45, 7) is 3.26. The lowest BCUT2D eigenvalue weighted by Crippen LogP contribution is -2.25. The van der Waals surface area contributed by atoms with Gasteiger partial charge in [0.15, 0.2) is 5.78 Å². The van der Waals surface area contributed by atoms with Crippen LogP contribution in [0, 0.1) is 5.92 Å². The first-order valence-electron chi connectivity index (χ1n) is 4.70. The third-order valence-electron chi connectivity index (χ3n) is 2.41. The van der Waals surface area contributed by atoms with E-state index in [1.165, 1.54) is 18.7 Å². The van der Waals surface area contributed by atoms with Crippen molar-refractivity contribution >= 4 is 45.9 Å². The highest BCUT2D eigenvalue weighted by atomic mass is 35.5. The summed E-state index contributed by atoms with van der Waals surface area (Å²) < 4.78 is 0. The molecule has 2 aliphatic rings. The van der Waals surface area contributed by atoms with Crippen LogP contribution in [-0.2, 0) is 9.59 Å². The number of aliphatic imine (C=N–C) groups is 2. The molecule has 6 heteroatoms. The zero-order valence-electron chi connectivity index (χ0n) is 8.78. The van der Waals surface area contributed by atoms with Crippen molar-refractivity contribution in [2.45, 2.75) is 13.8 Å². The van der Waals surface area contributed by atoms with Crippen LogP contribution in [0.2, 0.25) is 0 Å². The van der Waals surface area contributed by atoms with Crippen molar-refractivity contribution in [2.75, 3.05) is 5.88 Å². The van der Waals surface area contributed by atoms with Crippen LogP contribution in [0.3, 0.4) is 0 Å². The molecule has 2 rings (SSSR count). The number of carbonyl (C=O) groups is 2. The second kappa shape index (κ2) is 4.14. The molecule has 16 heavy (non-hydrogen) atoms. The standard InChI is InChI=1S/C10H9ClN2O2S/c1-4-7-9(15)12-6(3-11)13-10(7)16-8(4)5(2)14/h7H,3H2,1-2H3. The summed E-state index contributed by atoms with van der Waals surface area (Å²) in [7, 11) is 0. The Morgan fingerprint density at radius 3 is 2.75 bits per heavy atom. The van der Waals surface area contributed by atoms with Crippen molar-refractivity contribution in [2.24, 2.45) is 15.9 Å². The van der Waals surface area contributed by atoms with Crippen molar-refractivity contribution in [1.29, 1.82) is 0 Å². The zero-order chi connectivity index (χ0) is 11.9. The predicted octanol–water partition coefficient (Wildman–Crippen LogP) is 1.79. The molecule has 1 unspecified atom stereocenters. The number of ketones is 1. The normalized spacial score (nSPS) is 24.2. The zero-order valence-corrected chi connectivity index (χ0v) is 10.4. The van der Waals surface area contributed by atoms with E-state index in [-0.39, 0.29) is 17.6 Å². The Balaban J connectivity index is 2.41. The van der Waals surface area contributed by atoms with E-state index in [9.17, 15) is 9.59 Å². The van der Waals surface area contributed by atoms with Crippen LogP contribution in [0.15, 0.2) is 20.5 Å². The van der Waals surface area contributed by atoms with Gasteiger partial charge in [-0.2, -0.15) is 4.99 Å². The van der Waals surface area contributed by atoms with E-state index in [1.54, 1.807) is 6.92 Å². The van der Waals surface area contributed by atoms with Gasteiger partial charge in [-0.25, -0.2) is 4.99 Å². The molecular weight excluding hydrogens is 248 g/mol. The third-order valence-corrected chi connectivity index (χ3v) is 4.00. The van der Waals surface area contributed by atoms with Gasteiger partial charge in [-0.05, 0) is 19.4 Å². The number of alkyl halides is 1. The van der Waals surface area contributed by atoms with Crippen LogP contribution < -0.4 is 0 Å². The lowest BCUT2D eigenvalue weighted by Gasteiger charge is -2.13. The molecule has 0 aromatic carbocycles. The minimum Gasteiger partial charge on any atom is -0.294 e. The number of amidine groups is 1. The molecule has 0 radical (unpaired) electrons. The second-order valence-electron chi connectivity index (χ2n) is 3.55. The van der Waals surface area contributed by atoms with Gasteiger partial charge in [-0.15, -0.1) is 11.6 Å². The molecule has 84 valence electrons. The first kappa shape index (κ1) is 11.5. The fourth-order valence-corrected chi connectivity index (χ4v) is 2.99. The monoisotopic (exact) mass is 256 g/mol. The molecule has 0 fully saturated rings. The van der Waals surface area contributed by atoms with Gasteiger partial charge in [-0.3, -0.25) is 9.59 Å². The number of thioether (sulfide) groups is 1. The van der Waals surface area contributed by atoms with Crippen LogP contribution in [0.5, 0.6) is 0 Å². The highest BCUT2D eigenvalue weighted by Crippen LogP contribution is 2.40. The van der Waals surface area contributed by atoms with Gasteiger partial charge in [0.1, 0.15) is 11.8 Å². The minimum atomic E-state index is -0.462. The highest BCUT2D eigenvalue weighted by molar-refractivity contribution is 8.18. The molecule has 1 amide bonds. The van der Waals surface area contributed by atoms with Gasteiger partial charge in [0.2, 0.25) is 0 Å². The van der Waals surface area contributed by atoms with Crippen molar-refractivity contribution < 1.29 is 9.59 Å². The molecule has 4 nitrogen and oxygen atoms in total. The Labute approximate surface area is 102 Å². The Bertz CT molecular complexity index is 479. The van der Waals surface area contributed by atoms with Crippen molar-refractivity contribution in [3.63, 3.8) is 0 Å². The summed E-state index contributed by atoms with van der Waals surface area (Å²) in [5.74, 6) is -0.350.